The lowest BCUT2D eigenvalue weighted by Gasteiger charge is -2.32. The summed E-state index contributed by atoms with van der Waals surface area (Å²) in [6.45, 7) is 4.18. The van der Waals surface area contributed by atoms with Crippen molar-refractivity contribution in [2.24, 2.45) is 0 Å². The van der Waals surface area contributed by atoms with Crippen LogP contribution in [0.1, 0.15) is 20.3 Å². The van der Waals surface area contributed by atoms with Gasteiger partial charge < -0.3 is 4.48 Å². The fourth-order valence-electron chi connectivity index (χ4n) is 0.721. The summed E-state index contributed by atoms with van der Waals surface area (Å²) in [6, 6.07) is 0. The van der Waals surface area contributed by atoms with E-state index in [0.717, 1.165) is 10.4 Å². The molecule has 5 heteroatoms. The van der Waals surface area contributed by atoms with Gasteiger partial charge in [-0.25, -0.2) is 0 Å². The molecule has 0 aromatic heterocycles. The zero-order valence-corrected chi connectivity index (χ0v) is 10.2. The van der Waals surface area contributed by atoms with Crippen molar-refractivity contribution in [1.82, 2.24) is 3.94 Å². The smallest absolute Gasteiger partial charge is 0.221 e. The highest BCUT2D eigenvalue weighted by atomic mass is 35.5. The van der Waals surface area contributed by atoms with Gasteiger partial charge in [0, 0.05) is 6.42 Å². The molecule has 0 aliphatic rings. The maximum atomic E-state index is 12.4. The first-order valence-electron chi connectivity index (χ1n) is 4.21. The van der Waals surface area contributed by atoms with Gasteiger partial charge in [0.25, 0.3) is 0 Å². The molecule has 0 spiro atoms. The van der Waals surface area contributed by atoms with Crippen LogP contribution in [0, 0.1) is 0 Å². The molecule has 2 nitrogen and oxygen atoms in total. The summed E-state index contributed by atoms with van der Waals surface area (Å²) in [6.07, 6.45) is 0.747. The van der Waals surface area contributed by atoms with Crippen LogP contribution in [-0.2, 0) is 0 Å². The predicted octanol–water partition coefficient (Wildman–Crippen LogP) is 2.77. The lowest BCUT2D eigenvalue weighted by Crippen LogP contribution is -2.44. The molecule has 0 fully saturated rings. The van der Waals surface area contributed by atoms with Crippen LogP contribution in [0.3, 0.4) is 0 Å². The second-order valence-electron chi connectivity index (χ2n) is 4.57. The predicted molar refractivity (Wildman–Crippen MR) is 55.2 cm³/mol. The van der Waals surface area contributed by atoms with Crippen LogP contribution in [0.25, 0.3) is 0 Å². The standard InChI is InChI=1S/C8H18Cl2FN2/c1-8(2,12(9)10)5-6-13(3,4)7-11/h5-7H2,1-4H3/q+1. The molecule has 0 unspecified atom stereocenters. The minimum Gasteiger partial charge on any atom is -0.302 e. The van der Waals surface area contributed by atoms with E-state index in [1.807, 2.05) is 27.9 Å². The fourth-order valence-corrected chi connectivity index (χ4v) is 0.890. The molecule has 0 atom stereocenters. The Morgan fingerprint density at radius 1 is 1.31 bits per heavy atom. The molecule has 0 aromatic carbocycles. The molecule has 0 amide bonds. The maximum absolute atomic E-state index is 12.4. The third kappa shape index (κ3) is 5.01. The Labute approximate surface area is 90.0 Å². The zero-order chi connectivity index (χ0) is 10.7. The SMILES string of the molecule is CC(C)(CC[N+](C)(C)CF)N(Cl)Cl. The van der Waals surface area contributed by atoms with Crippen molar-refractivity contribution in [3.8, 4) is 0 Å². The second kappa shape index (κ2) is 4.78. The average molecular weight is 232 g/mol. The fraction of sp³-hybridized carbons (Fsp3) is 1.00. The molecule has 0 saturated heterocycles. The van der Waals surface area contributed by atoms with E-state index in [9.17, 15) is 4.39 Å². The van der Waals surface area contributed by atoms with E-state index in [0.29, 0.717) is 11.0 Å². The number of rotatable bonds is 5. The van der Waals surface area contributed by atoms with Crippen molar-refractivity contribution in [3.05, 3.63) is 0 Å². The Morgan fingerprint density at radius 2 is 1.77 bits per heavy atom. The van der Waals surface area contributed by atoms with E-state index in [1.165, 1.54) is 0 Å². The van der Waals surface area contributed by atoms with Crippen molar-refractivity contribution in [2.75, 3.05) is 27.4 Å². The van der Waals surface area contributed by atoms with Gasteiger partial charge in [0.15, 0.2) is 0 Å². The van der Waals surface area contributed by atoms with E-state index < -0.39 is 0 Å². The van der Waals surface area contributed by atoms with Crippen LogP contribution >= 0.6 is 23.6 Å². The number of quaternary nitrogens is 1. The first-order chi connectivity index (χ1) is 5.71. The monoisotopic (exact) mass is 231 g/mol. The summed E-state index contributed by atoms with van der Waals surface area (Å²) >= 11 is 11.3. The third-order valence-corrected chi connectivity index (χ3v) is 3.03. The molecule has 0 bridgehead atoms. The second-order valence-corrected chi connectivity index (χ2v) is 5.42. The van der Waals surface area contributed by atoms with Gasteiger partial charge in [-0.1, -0.05) is 0 Å². The molecule has 0 aliphatic heterocycles. The molecule has 80 valence electrons. The van der Waals surface area contributed by atoms with Gasteiger partial charge in [-0.2, -0.15) is 4.39 Å². The molecule has 0 N–H and O–H groups in total. The van der Waals surface area contributed by atoms with E-state index in [-0.39, 0.29) is 12.3 Å². The van der Waals surface area contributed by atoms with Crippen LogP contribution < -0.4 is 0 Å². The van der Waals surface area contributed by atoms with Crippen LogP contribution in [0.4, 0.5) is 4.39 Å². The molecule has 0 saturated carbocycles. The van der Waals surface area contributed by atoms with Crippen molar-refractivity contribution in [3.63, 3.8) is 0 Å². The van der Waals surface area contributed by atoms with Crippen LogP contribution in [-0.4, -0.2) is 41.4 Å². The largest absolute Gasteiger partial charge is 0.302 e. The van der Waals surface area contributed by atoms with E-state index >= 15 is 0 Å². The van der Waals surface area contributed by atoms with Crippen molar-refractivity contribution in [2.45, 2.75) is 25.8 Å². The van der Waals surface area contributed by atoms with Gasteiger partial charge in [-0.15, -0.1) is 3.94 Å². The molecule has 0 radical (unpaired) electrons. The van der Waals surface area contributed by atoms with Crippen molar-refractivity contribution in [1.29, 1.82) is 0 Å². The van der Waals surface area contributed by atoms with Gasteiger partial charge in [0.1, 0.15) is 0 Å². The topological polar surface area (TPSA) is 3.24 Å². The van der Waals surface area contributed by atoms with Gasteiger partial charge in [-0.3, -0.25) is 0 Å². The summed E-state index contributed by atoms with van der Waals surface area (Å²) < 4.78 is 13.9. The number of hydrogen-bond donors (Lipinski definition) is 0. The number of hydrogen-bond acceptors (Lipinski definition) is 1. The van der Waals surface area contributed by atoms with Crippen molar-refractivity contribution >= 4 is 23.6 Å². The van der Waals surface area contributed by atoms with Crippen molar-refractivity contribution < 1.29 is 8.87 Å². The van der Waals surface area contributed by atoms with Crippen LogP contribution in [0.15, 0.2) is 0 Å². The van der Waals surface area contributed by atoms with E-state index in [4.69, 9.17) is 23.6 Å². The molecule has 0 aromatic rings. The van der Waals surface area contributed by atoms with E-state index in [2.05, 4.69) is 0 Å². The Hall–Kier alpha value is 0.430. The first-order valence-corrected chi connectivity index (χ1v) is 4.89. The summed E-state index contributed by atoms with van der Waals surface area (Å²) in [5.74, 6) is 0. The zero-order valence-electron chi connectivity index (χ0n) is 8.65. The van der Waals surface area contributed by atoms with Gasteiger partial charge in [-0.05, 0) is 37.4 Å². The van der Waals surface area contributed by atoms with Crippen LogP contribution in [0.5, 0.6) is 0 Å². The lowest BCUT2D eigenvalue weighted by atomic mass is 10.0. The Balaban J connectivity index is 4.02. The Kier molecular flexibility index (Phi) is 4.94. The summed E-state index contributed by atoms with van der Waals surface area (Å²) in [4.78, 5) is 0. The normalized spacial score (nSPS) is 13.8. The number of alkyl halides is 1. The maximum Gasteiger partial charge on any atom is 0.221 e. The molecular weight excluding hydrogens is 214 g/mol. The number of halogens is 3. The molecule has 13 heavy (non-hydrogen) atoms. The third-order valence-electron chi connectivity index (χ3n) is 2.11. The highest BCUT2D eigenvalue weighted by Gasteiger charge is 2.28. The quantitative estimate of drug-likeness (QED) is 0.400. The average Bonchev–Trinajstić information content (AvgIpc) is 2.01. The first kappa shape index (κ1) is 13.4. The van der Waals surface area contributed by atoms with Gasteiger partial charge in [0.2, 0.25) is 6.80 Å². The highest BCUT2D eigenvalue weighted by Crippen LogP contribution is 2.24. The Bertz CT molecular complexity index is 160. The molecule has 0 aliphatic carbocycles. The minimum absolute atomic E-state index is 0.312. The molecular formula is C8H18Cl2FN2+. The Morgan fingerprint density at radius 3 is 2.08 bits per heavy atom. The van der Waals surface area contributed by atoms with E-state index in [1.54, 1.807) is 0 Å². The summed E-state index contributed by atoms with van der Waals surface area (Å²) in [5, 5.41) is 0. The number of nitrogens with zero attached hydrogens (tertiary/aromatic N) is 2. The highest BCUT2D eigenvalue weighted by molar-refractivity contribution is 6.34. The summed E-state index contributed by atoms with van der Waals surface area (Å²) in [5.41, 5.74) is -0.312. The van der Waals surface area contributed by atoms with Crippen LogP contribution in [0.2, 0.25) is 0 Å². The lowest BCUT2D eigenvalue weighted by molar-refractivity contribution is -0.903. The van der Waals surface area contributed by atoms with Gasteiger partial charge >= 0.3 is 0 Å². The summed E-state index contributed by atoms with van der Waals surface area (Å²) in [7, 11) is 3.67. The molecule has 0 heterocycles. The molecule has 0 rings (SSSR count). The van der Waals surface area contributed by atoms with Gasteiger partial charge in [0.05, 0.1) is 26.2 Å². The minimum atomic E-state index is -0.374.